The van der Waals surface area contributed by atoms with Gasteiger partial charge < -0.3 is 4.90 Å². The summed E-state index contributed by atoms with van der Waals surface area (Å²) in [6.07, 6.45) is 6.08. The largest absolute Gasteiger partial charge is 0.336 e. The monoisotopic (exact) mass is 378 g/mol. The fraction of sp³-hybridized carbons (Fsp3) is 0.238. The molecule has 0 spiro atoms. The van der Waals surface area contributed by atoms with Gasteiger partial charge in [0.1, 0.15) is 5.82 Å². The molecule has 1 N–H and O–H groups in total. The van der Waals surface area contributed by atoms with Gasteiger partial charge in [-0.3, -0.25) is 19.7 Å². The van der Waals surface area contributed by atoms with Gasteiger partial charge in [-0.05, 0) is 42.7 Å². The molecule has 28 heavy (non-hydrogen) atoms. The fourth-order valence-electron chi connectivity index (χ4n) is 3.63. The zero-order valence-corrected chi connectivity index (χ0v) is 15.1. The molecule has 0 bridgehead atoms. The number of H-pyrrole nitrogens is 1. The second-order valence-corrected chi connectivity index (χ2v) is 6.84. The zero-order chi connectivity index (χ0) is 19.5. The highest BCUT2D eigenvalue weighted by Crippen LogP contribution is 2.34. The van der Waals surface area contributed by atoms with Crippen LogP contribution in [-0.2, 0) is 4.79 Å². The molecule has 1 aromatic carbocycles. The van der Waals surface area contributed by atoms with Crippen LogP contribution in [0, 0.1) is 5.82 Å². The van der Waals surface area contributed by atoms with Crippen LogP contribution in [0.5, 0.6) is 0 Å². The van der Waals surface area contributed by atoms with Gasteiger partial charge in [-0.25, -0.2) is 4.39 Å². The van der Waals surface area contributed by atoms with Crippen LogP contribution < -0.4 is 0 Å². The van der Waals surface area contributed by atoms with Crippen molar-refractivity contribution in [3.8, 4) is 11.1 Å². The molecular weight excluding hydrogens is 359 g/mol. The van der Waals surface area contributed by atoms with E-state index in [1.165, 1.54) is 18.3 Å². The van der Waals surface area contributed by atoms with Gasteiger partial charge in [0.05, 0.1) is 6.20 Å². The molecule has 6 nitrogen and oxygen atoms in total. The van der Waals surface area contributed by atoms with Crippen LogP contribution >= 0.6 is 0 Å². The molecule has 2 aromatic heterocycles. The number of nitrogens with one attached hydrogen (secondary N) is 1. The van der Waals surface area contributed by atoms with E-state index in [1.54, 1.807) is 35.5 Å². The maximum Gasteiger partial charge on any atom is 0.295 e. The Morgan fingerprint density at radius 3 is 2.64 bits per heavy atom. The lowest BCUT2D eigenvalue weighted by atomic mass is 9.89. The molecule has 0 atom stereocenters. The Kier molecular flexibility index (Phi) is 4.97. The van der Waals surface area contributed by atoms with Crippen molar-refractivity contribution in [1.29, 1.82) is 0 Å². The molecule has 7 heteroatoms. The molecule has 1 fully saturated rings. The number of hydrogen-bond acceptors (Lipinski definition) is 4. The molecule has 3 aromatic rings. The van der Waals surface area contributed by atoms with Gasteiger partial charge >= 0.3 is 0 Å². The highest BCUT2D eigenvalue weighted by Gasteiger charge is 2.30. The SMILES string of the molecule is O=C(C(=O)N1CCC(c2[nH]ncc2-c2cccc(F)c2)CC1)c1cccnc1. The first kappa shape index (κ1) is 18.0. The lowest BCUT2D eigenvalue weighted by molar-refractivity contribution is -0.127. The van der Waals surface area contributed by atoms with E-state index in [9.17, 15) is 14.0 Å². The van der Waals surface area contributed by atoms with Crippen LogP contribution in [0.1, 0.15) is 34.8 Å². The predicted octanol–water partition coefficient (Wildman–Crippen LogP) is 3.20. The Balaban J connectivity index is 1.45. The van der Waals surface area contributed by atoms with Crippen LogP contribution in [0.4, 0.5) is 4.39 Å². The minimum absolute atomic E-state index is 0.165. The summed E-state index contributed by atoms with van der Waals surface area (Å²) in [4.78, 5) is 30.3. The second kappa shape index (κ2) is 7.72. The third-order valence-corrected chi connectivity index (χ3v) is 5.11. The van der Waals surface area contributed by atoms with E-state index >= 15 is 0 Å². The summed E-state index contributed by atoms with van der Waals surface area (Å²) in [7, 11) is 0. The van der Waals surface area contributed by atoms with Crippen molar-refractivity contribution < 1.29 is 14.0 Å². The highest BCUT2D eigenvalue weighted by atomic mass is 19.1. The molecule has 1 aliphatic rings. The lowest BCUT2D eigenvalue weighted by Crippen LogP contribution is -2.41. The van der Waals surface area contributed by atoms with Crippen LogP contribution in [0.25, 0.3) is 11.1 Å². The van der Waals surface area contributed by atoms with Crippen LogP contribution in [-0.4, -0.2) is 44.9 Å². The number of aromatic nitrogens is 3. The van der Waals surface area contributed by atoms with E-state index in [2.05, 4.69) is 15.2 Å². The number of aromatic amines is 1. The summed E-state index contributed by atoms with van der Waals surface area (Å²) in [6.45, 7) is 0.966. The number of piperidine rings is 1. The number of hydrogen-bond donors (Lipinski definition) is 1. The van der Waals surface area contributed by atoms with Crippen molar-refractivity contribution >= 4 is 11.7 Å². The van der Waals surface area contributed by atoms with Crippen molar-refractivity contribution in [2.24, 2.45) is 0 Å². The molecule has 0 aliphatic carbocycles. The van der Waals surface area contributed by atoms with Crippen molar-refractivity contribution in [1.82, 2.24) is 20.1 Å². The molecule has 0 saturated carbocycles. The number of Topliss-reactive ketones (excluding diaryl/α,β-unsaturated/α-hetero) is 1. The number of rotatable bonds is 4. The number of pyridine rings is 1. The first-order valence-corrected chi connectivity index (χ1v) is 9.16. The number of halogens is 1. The Morgan fingerprint density at radius 2 is 1.93 bits per heavy atom. The van der Waals surface area contributed by atoms with Crippen LogP contribution in [0.2, 0.25) is 0 Å². The molecule has 1 saturated heterocycles. The van der Waals surface area contributed by atoms with Crippen LogP contribution in [0.15, 0.2) is 55.0 Å². The molecule has 4 rings (SSSR count). The topological polar surface area (TPSA) is 79.0 Å². The summed E-state index contributed by atoms with van der Waals surface area (Å²) in [5, 5.41) is 7.17. The van der Waals surface area contributed by atoms with Crippen molar-refractivity contribution in [2.75, 3.05) is 13.1 Å². The van der Waals surface area contributed by atoms with Gasteiger partial charge in [-0.15, -0.1) is 0 Å². The molecule has 0 radical (unpaired) electrons. The Bertz CT molecular complexity index is 994. The van der Waals surface area contributed by atoms with Gasteiger partial charge in [0.15, 0.2) is 0 Å². The molecule has 142 valence electrons. The number of likely N-dealkylation sites (tertiary alicyclic amines) is 1. The summed E-state index contributed by atoms with van der Waals surface area (Å²) in [5.74, 6) is -1.16. The Morgan fingerprint density at radius 1 is 1.11 bits per heavy atom. The van der Waals surface area contributed by atoms with Crippen molar-refractivity contribution in [3.63, 3.8) is 0 Å². The van der Waals surface area contributed by atoms with E-state index in [0.29, 0.717) is 31.5 Å². The van der Waals surface area contributed by atoms with Gasteiger partial charge in [-0.2, -0.15) is 5.10 Å². The van der Waals surface area contributed by atoms with E-state index in [0.717, 1.165) is 16.8 Å². The first-order valence-electron chi connectivity index (χ1n) is 9.16. The molecular formula is C21H19FN4O2. The summed E-state index contributed by atoms with van der Waals surface area (Å²) in [5.41, 5.74) is 2.89. The Hall–Kier alpha value is -3.35. The van der Waals surface area contributed by atoms with Gasteiger partial charge in [0.25, 0.3) is 11.7 Å². The van der Waals surface area contributed by atoms with Crippen molar-refractivity contribution in [3.05, 3.63) is 72.1 Å². The third kappa shape index (κ3) is 3.55. The van der Waals surface area contributed by atoms with Gasteiger partial charge in [-0.1, -0.05) is 12.1 Å². The minimum atomic E-state index is -0.534. The highest BCUT2D eigenvalue weighted by molar-refractivity contribution is 6.42. The van der Waals surface area contributed by atoms with E-state index in [4.69, 9.17) is 0 Å². The van der Waals surface area contributed by atoms with Crippen LogP contribution in [0.3, 0.4) is 0 Å². The predicted molar refractivity (Wildman–Crippen MR) is 101 cm³/mol. The van der Waals surface area contributed by atoms with E-state index < -0.39 is 11.7 Å². The lowest BCUT2D eigenvalue weighted by Gasteiger charge is -2.31. The normalized spacial score (nSPS) is 14.8. The fourth-order valence-corrected chi connectivity index (χ4v) is 3.63. The number of ketones is 1. The standard InChI is InChI=1S/C21H19FN4O2/c22-17-5-1-3-15(11-17)18-13-24-25-19(18)14-6-9-26(10-7-14)21(28)20(27)16-4-2-8-23-12-16/h1-5,8,11-14H,6-7,9-10H2,(H,24,25). The maximum absolute atomic E-state index is 13.6. The molecule has 3 heterocycles. The van der Waals surface area contributed by atoms with Gasteiger partial charge in [0, 0.05) is 48.2 Å². The second-order valence-electron chi connectivity index (χ2n) is 6.84. The number of amides is 1. The zero-order valence-electron chi connectivity index (χ0n) is 15.1. The molecule has 0 unspecified atom stereocenters. The van der Waals surface area contributed by atoms with Gasteiger partial charge in [0.2, 0.25) is 0 Å². The first-order chi connectivity index (χ1) is 13.6. The maximum atomic E-state index is 13.6. The average Bonchev–Trinajstić information content (AvgIpc) is 3.23. The van der Waals surface area contributed by atoms with E-state index in [-0.39, 0.29) is 11.7 Å². The number of carbonyl (C=O) groups excluding carboxylic acids is 2. The third-order valence-electron chi connectivity index (χ3n) is 5.11. The number of nitrogens with zero attached hydrogens (tertiary/aromatic N) is 3. The number of benzene rings is 1. The minimum Gasteiger partial charge on any atom is -0.336 e. The summed E-state index contributed by atoms with van der Waals surface area (Å²) >= 11 is 0. The quantitative estimate of drug-likeness (QED) is 0.559. The average molecular weight is 378 g/mol. The summed E-state index contributed by atoms with van der Waals surface area (Å²) < 4.78 is 13.6. The summed E-state index contributed by atoms with van der Waals surface area (Å²) in [6, 6.07) is 9.65. The van der Waals surface area contributed by atoms with E-state index in [1.807, 2.05) is 6.07 Å². The van der Waals surface area contributed by atoms with Crippen molar-refractivity contribution in [2.45, 2.75) is 18.8 Å². The Labute approximate surface area is 161 Å². The smallest absolute Gasteiger partial charge is 0.295 e. The molecule has 1 aliphatic heterocycles. The molecule has 1 amide bonds. The number of carbonyl (C=O) groups is 2.